The van der Waals surface area contributed by atoms with E-state index in [1.165, 1.54) is 5.56 Å². The van der Waals surface area contributed by atoms with Crippen molar-refractivity contribution in [1.29, 1.82) is 0 Å². The molecule has 5 heteroatoms. The van der Waals surface area contributed by atoms with Gasteiger partial charge in [-0.05, 0) is 71.7 Å². The second-order valence-corrected chi connectivity index (χ2v) is 11.0. The summed E-state index contributed by atoms with van der Waals surface area (Å²) in [5, 5.41) is 0.525. The maximum Gasteiger partial charge on any atom is 0.290 e. The van der Waals surface area contributed by atoms with E-state index < -0.39 is 6.04 Å². The average Bonchev–Trinajstić information content (AvgIpc) is 3.15. The number of carbonyl (C=O) groups is 1. The molecule has 1 unspecified atom stereocenters. The van der Waals surface area contributed by atoms with Gasteiger partial charge in [-0.3, -0.25) is 9.59 Å². The predicted octanol–water partition coefficient (Wildman–Crippen LogP) is 6.50. The molecule has 1 aromatic heterocycles. The van der Waals surface area contributed by atoms with Crippen LogP contribution in [0.15, 0.2) is 69.9 Å². The molecule has 1 amide bonds. The summed E-state index contributed by atoms with van der Waals surface area (Å²) in [6, 6.07) is 19.4. The van der Waals surface area contributed by atoms with E-state index in [2.05, 4.69) is 32.9 Å². The summed E-state index contributed by atoms with van der Waals surface area (Å²) in [7, 11) is 1.64. The molecular formula is C32H33NO4. The van der Waals surface area contributed by atoms with Gasteiger partial charge in [0.1, 0.15) is 11.3 Å². The smallest absolute Gasteiger partial charge is 0.290 e. The first-order chi connectivity index (χ1) is 17.6. The first-order valence-corrected chi connectivity index (χ1v) is 12.7. The molecule has 0 bridgehead atoms. The summed E-state index contributed by atoms with van der Waals surface area (Å²) in [5.74, 6) is 0.703. The van der Waals surface area contributed by atoms with E-state index in [1.54, 1.807) is 12.0 Å². The number of carbonyl (C=O) groups excluding carboxylic acids is 1. The number of rotatable bonds is 5. The minimum Gasteiger partial charge on any atom is -0.497 e. The van der Waals surface area contributed by atoms with Gasteiger partial charge in [-0.25, -0.2) is 0 Å². The molecular weight excluding hydrogens is 462 g/mol. The number of methoxy groups -OCH3 is 1. The highest BCUT2D eigenvalue weighted by Crippen LogP contribution is 2.39. The molecule has 3 aromatic carbocycles. The summed E-state index contributed by atoms with van der Waals surface area (Å²) in [6.45, 7) is 10.8. The number of fused-ring (bicyclic) bond motifs is 2. The zero-order valence-corrected chi connectivity index (χ0v) is 22.3. The second-order valence-electron chi connectivity index (χ2n) is 11.0. The van der Waals surface area contributed by atoms with Crippen molar-refractivity contribution in [2.75, 3.05) is 13.7 Å². The highest BCUT2D eigenvalue weighted by atomic mass is 16.5. The van der Waals surface area contributed by atoms with E-state index in [4.69, 9.17) is 9.15 Å². The van der Waals surface area contributed by atoms with Crippen molar-refractivity contribution in [1.82, 2.24) is 4.90 Å². The number of benzene rings is 3. The van der Waals surface area contributed by atoms with E-state index in [-0.39, 0.29) is 22.5 Å². The van der Waals surface area contributed by atoms with Crippen LogP contribution in [0, 0.1) is 13.8 Å². The van der Waals surface area contributed by atoms with Crippen molar-refractivity contribution in [3.05, 3.63) is 110 Å². The van der Waals surface area contributed by atoms with E-state index in [0.717, 1.165) is 28.0 Å². The normalized spacial score (nSPS) is 15.4. The van der Waals surface area contributed by atoms with Crippen LogP contribution in [-0.4, -0.2) is 24.5 Å². The van der Waals surface area contributed by atoms with Crippen LogP contribution in [0.3, 0.4) is 0 Å². The van der Waals surface area contributed by atoms with Gasteiger partial charge < -0.3 is 14.1 Å². The quantitative estimate of drug-likeness (QED) is 0.317. The fourth-order valence-corrected chi connectivity index (χ4v) is 5.26. The van der Waals surface area contributed by atoms with Crippen LogP contribution in [0.4, 0.5) is 0 Å². The highest BCUT2D eigenvalue weighted by Gasteiger charge is 2.42. The molecule has 0 saturated carbocycles. The monoisotopic (exact) mass is 495 g/mol. The molecule has 0 fully saturated rings. The summed E-state index contributed by atoms with van der Waals surface area (Å²) in [5.41, 5.74) is 5.82. The maximum atomic E-state index is 13.9. The van der Waals surface area contributed by atoms with Crippen molar-refractivity contribution in [2.24, 2.45) is 0 Å². The van der Waals surface area contributed by atoms with Gasteiger partial charge in [0.25, 0.3) is 5.91 Å². The number of nitrogens with zero attached hydrogens (tertiary/aromatic N) is 1. The van der Waals surface area contributed by atoms with Crippen LogP contribution < -0.4 is 10.2 Å². The Morgan fingerprint density at radius 2 is 1.62 bits per heavy atom. The van der Waals surface area contributed by atoms with Crippen molar-refractivity contribution in [3.8, 4) is 5.75 Å². The molecule has 1 atom stereocenters. The van der Waals surface area contributed by atoms with Crippen LogP contribution in [0.25, 0.3) is 11.0 Å². The molecule has 5 nitrogen and oxygen atoms in total. The molecule has 0 radical (unpaired) electrons. The van der Waals surface area contributed by atoms with Gasteiger partial charge >= 0.3 is 0 Å². The van der Waals surface area contributed by atoms with Crippen LogP contribution >= 0.6 is 0 Å². The van der Waals surface area contributed by atoms with E-state index in [9.17, 15) is 9.59 Å². The molecule has 4 aromatic rings. The van der Waals surface area contributed by atoms with Gasteiger partial charge in [-0.15, -0.1) is 0 Å². The number of hydrogen-bond acceptors (Lipinski definition) is 4. The maximum absolute atomic E-state index is 13.9. The summed E-state index contributed by atoms with van der Waals surface area (Å²) >= 11 is 0. The van der Waals surface area contributed by atoms with Gasteiger partial charge in [-0.2, -0.15) is 0 Å². The first kappa shape index (κ1) is 24.8. The summed E-state index contributed by atoms with van der Waals surface area (Å²) in [4.78, 5) is 29.5. The third-order valence-electron chi connectivity index (χ3n) is 7.29. The highest BCUT2D eigenvalue weighted by molar-refractivity contribution is 5.99. The van der Waals surface area contributed by atoms with Crippen LogP contribution in [0.2, 0.25) is 0 Å². The number of aryl methyl sites for hydroxylation is 2. The number of amides is 1. The second kappa shape index (κ2) is 9.22. The Morgan fingerprint density at radius 1 is 0.946 bits per heavy atom. The largest absolute Gasteiger partial charge is 0.497 e. The minimum absolute atomic E-state index is 0.000267. The van der Waals surface area contributed by atoms with Crippen molar-refractivity contribution in [2.45, 2.75) is 52.5 Å². The Hall–Kier alpha value is -3.86. The standard InChI is InChI=1S/C32H33NO4/c1-19-17-20(2)29-25(18-19)28(34)26-27(22-9-11-23(12-10-22)32(3,4)5)33(31(35)30(26)37-29)16-15-21-7-13-24(36-6)14-8-21/h7-14,17-18,27H,15-16H2,1-6H3. The van der Waals surface area contributed by atoms with Crippen molar-refractivity contribution < 1.29 is 13.9 Å². The van der Waals surface area contributed by atoms with Gasteiger partial charge in [0.05, 0.1) is 24.1 Å². The lowest BCUT2D eigenvalue weighted by atomic mass is 9.86. The van der Waals surface area contributed by atoms with Gasteiger partial charge in [0.15, 0.2) is 5.43 Å². The number of ether oxygens (including phenoxy) is 1. The molecule has 0 saturated heterocycles. The molecule has 37 heavy (non-hydrogen) atoms. The third-order valence-corrected chi connectivity index (χ3v) is 7.29. The first-order valence-electron chi connectivity index (χ1n) is 12.7. The van der Waals surface area contributed by atoms with Gasteiger partial charge in [-0.1, -0.05) is 63.2 Å². The predicted molar refractivity (Wildman–Crippen MR) is 147 cm³/mol. The average molecular weight is 496 g/mol. The van der Waals surface area contributed by atoms with Crippen LogP contribution in [0.1, 0.15) is 70.7 Å². The molecule has 0 aliphatic carbocycles. The summed E-state index contributed by atoms with van der Waals surface area (Å²) < 4.78 is 11.5. The molecule has 0 spiro atoms. The minimum atomic E-state index is -0.503. The Kier molecular flexibility index (Phi) is 6.18. The topological polar surface area (TPSA) is 59.8 Å². The van der Waals surface area contributed by atoms with Crippen LogP contribution in [0.5, 0.6) is 5.75 Å². The van der Waals surface area contributed by atoms with Crippen molar-refractivity contribution >= 4 is 16.9 Å². The SMILES string of the molecule is COc1ccc(CCN2C(=O)c3oc4c(C)cc(C)cc4c(=O)c3C2c2ccc(C(C)(C)C)cc2)cc1. The zero-order valence-electron chi connectivity index (χ0n) is 22.3. The third kappa shape index (κ3) is 4.43. The Labute approximate surface area is 217 Å². The summed E-state index contributed by atoms with van der Waals surface area (Å²) in [6.07, 6.45) is 0.645. The van der Waals surface area contributed by atoms with Gasteiger partial charge in [0, 0.05) is 6.54 Å². The zero-order chi connectivity index (χ0) is 26.5. The molecule has 1 aliphatic heterocycles. The lowest BCUT2D eigenvalue weighted by Gasteiger charge is -2.26. The van der Waals surface area contributed by atoms with Gasteiger partial charge in [0.2, 0.25) is 5.76 Å². The molecule has 2 heterocycles. The van der Waals surface area contributed by atoms with E-state index in [1.807, 2.05) is 62.4 Å². The lowest BCUT2D eigenvalue weighted by Crippen LogP contribution is -2.31. The van der Waals surface area contributed by atoms with E-state index >= 15 is 0 Å². The fourth-order valence-electron chi connectivity index (χ4n) is 5.26. The molecule has 0 N–H and O–H groups in total. The molecule has 1 aliphatic rings. The fraction of sp³-hybridized carbons (Fsp3) is 0.312. The molecule has 5 rings (SSSR count). The van der Waals surface area contributed by atoms with Crippen molar-refractivity contribution in [3.63, 3.8) is 0 Å². The van der Waals surface area contributed by atoms with Crippen LogP contribution in [-0.2, 0) is 11.8 Å². The number of hydrogen-bond donors (Lipinski definition) is 0. The molecule has 190 valence electrons. The Balaban J connectivity index is 1.62. The lowest BCUT2D eigenvalue weighted by molar-refractivity contribution is 0.0730. The Morgan fingerprint density at radius 3 is 2.24 bits per heavy atom. The van der Waals surface area contributed by atoms with E-state index in [0.29, 0.717) is 29.5 Å². The Bertz CT molecular complexity index is 1540.